The first-order chi connectivity index (χ1) is 9.88. The number of nitrogens with zero attached hydrogens (tertiary/aromatic N) is 1. The van der Waals surface area contributed by atoms with E-state index in [1.54, 1.807) is 0 Å². The van der Waals surface area contributed by atoms with Crippen LogP contribution in [0.4, 0.5) is 18.0 Å². The monoisotopic (exact) mass is 326 g/mol. The van der Waals surface area contributed by atoms with Gasteiger partial charge in [0.15, 0.2) is 0 Å². The van der Waals surface area contributed by atoms with E-state index in [4.69, 9.17) is 0 Å². The Kier molecular flexibility index (Phi) is 5.33. The molecule has 2 heterocycles. The first kappa shape index (κ1) is 16.4. The summed E-state index contributed by atoms with van der Waals surface area (Å²) in [5.41, 5.74) is 0. The molecule has 2 aliphatic rings. The molecule has 2 rings (SSSR count). The van der Waals surface area contributed by atoms with Gasteiger partial charge in [0.25, 0.3) is 5.24 Å². The maximum absolute atomic E-state index is 13.1. The van der Waals surface area contributed by atoms with Gasteiger partial charge in [-0.05, 0) is 0 Å². The summed E-state index contributed by atoms with van der Waals surface area (Å²) in [7, 11) is 0. The van der Waals surface area contributed by atoms with Crippen LogP contribution >= 0.6 is 11.8 Å². The molecule has 21 heavy (non-hydrogen) atoms. The first-order valence-electron chi connectivity index (χ1n) is 6.60. The molecule has 0 aliphatic carbocycles. The fourth-order valence-electron chi connectivity index (χ4n) is 2.29. The van der Waals surface area contributed by atoms with Gasteiger partial charge in [-0.1, -0.05) is 11.8 Å². The van der Waals surface area contributed by atoms with E-state index < -0.39 is 30.7 Å². The Labute approximate surface area is 124 Å². The second-order valence-corrected chi connectivity index (χ2v) is 5.88. The third-order valence-electron chi connectivity index (χ3n) is 3.43. The smallest absolute Gasteiger partial charge is 0.352 e. The van der Waals surface area contributed by atoms with Crippen molar-refractivity contribution in [2.24, 2.45) is 0 Å². The number of carbonyl (C=O) groups excluding carboxylic acids is 2. The van der Waals surface area contributed by atoms with Gasteiger partial charge in [-0.3, -0.25) is 14.5 Å². The molecule has 3 N–H and O–H groups in total. The van der Waals surface area contributed by atoms with Crippen LogP contribution < -0.4 is 16.0 Å². The van der Waals surface area contributed by atoms with Crippen LogP contribution in [0.3, 0.4) is 0 Å². The zero-order chi connectivity index (χ0) is 15.5. The normalized spacial score (nSPS) is 25.5. The molecule has 0 aromatic carbocycles. The second-order valence-electron chi connectivity index (χ2n) is 4.88. The number of halogens is 3. The molecule has 10 heteroatoms. The van der Waals surface area contributed by atoms with Crippen LogP contribution in [-0.2, 0) is 4.79 Å². The zero-order valence-corrected chi connectivity index (χ0v) is 12.0. The van der Waals surface area contributed by atoms with Crippen molar-refractivity contribution in [3.63, 3.8) is 0 Å². The second kappa shape index (κ2) is 6.84. The molecule has 2 atom stereocenters. The highest BCUT2D eigenvalue weighted by molar-refractivity contribution is 8.14. The highest BCUT2D eigenvalue weighted by atomic mass is 32.2. The van der Waals surface area contributed by atoms with Crippen molar-refractivity contribution in [2.45, 2.75) is 18.3 Å². The molecule has 2 aliphatic heterocycles. The largest absolute Gasteiger partial charge is 0.405 e. The van der Waals surface area contributed by atoms with Gasteiger partial charge in [0, 0.05) is 38.5 Å². The number of piperazine rings is 1. The number of amides is 2. The maximum atomic E-state index is 13.1. The summed E-state index contributed by atoms with van der Waals surface area (Å²) in [4.78, 5) is 24.1. The Hall–Kier alpha value is -1.00. The number of alkyl halides is 3. The lowest BCUT2D eigenvalue weighted by molar-refractivity contribution is -0.184. The molecule has 2 saturated heterocycles. The molecule has 0 aromatic heterocycles. The minimum atomic E-state index is -4.40. The molecule has 2 fully saturated rings. The molecule has 0 bridgehead atoms. The van der Waals surface area contributed by atoms with E-state index in [2.05, 4.69) is 16.0 Å². The fraction of sp³-hybridized carbons (Fsp3) is 0.818. The minimum absolute atomic E-state index is 0.245. The van der Waals surface area contributed by atoms with Crippen molar-refractivity contribution in [1.29, 1.82) is 0 Å². The van der Waals surface area contributed by atoms with Gasteiger partial charge >= 0.3 is 6.18 Å². The molecule has 0 spiro atoms. The van der Waals surface area contributed by atoms with Gasteiger partial charge in [0.05, 0.1) is 0 Å². The minimum Gasteiger partial charge on any atom is -0.352 e. The van der Waals surface area contributed by atoms with E-state index in [9.17, 15) is 22.8 Å². The highest BCUT2D eigenvalue weighted by Crippen LogP contribution is 2.25. The lowest BCUT2D eigenvalue weighted by Crippen LogP contribution is -2.58. The number of rotatable bonds is 4. The number of nitrogens with one attached hydrogen (secondary N) is 3. The van der Waals surface area contributed by atoms with Gasteiger partial charge in [-0.2, -0.15) is 13.2 Å². The van der Waals surface area contributed by atoms with Gasteiger partial charge in [-0.15, -0.1) is 0 Å². The Morgan fingerprint density at radius 1 is 1.43 bits per heavy atom. The van der Waals surface area contributed by atoms with Crippen LogP contribution in [0.15, 0.2) is 0 Å². The van der Waals surface area contributed by atoms with Crippen molar-refractivity contribution < 1.29 is 22.8 Å². The summed E-state index contributed by atoms with van der Waals surface area (Å²) < 4.78 is 39.3. The third kappa shape index (κ3) is 4.48. The SMILES string of the molecule is O=C1N[C@H](C(=O)NCC(N2CCNCC2)C(F)(F)F)CS1. The topological polar surface area (TPSA) is 73.5 Å². The standard InChI is InChI=1S/C11H17F3N4O2S/c12-11(13,14)8(18-3-1-15-2-4-18)5-16-9(19)7-6-21-10(20)17-7/h7-8,15H,1-6H2,(H,16,19)(H,17,20)/t7-,8?/m0/s1. The number of hydrogen-bond acceptors (Lipinski definition) is 5. The Morgan fingerprint density at radius 3 is 2.62 bits per heavy atom. The van der Waals surface area contributed by atoms with Crippen molar-refractivity contribution in [3.05, 3.63) is 0 Å². The number of hydrogen-bond donors (Lipinski definition) is 3. The summed E-state index contributed by atoms with van der Waals surface area (Å²) in [5, 5.41) is 7.36. The van der Waals surface area contributed by atoms with Crippen molar-refractivity contribution in [1.82, 2.24) is 20.9 Å². The Bertz CT molecular complexity index is 401. The zero-order valence-electron chi connectivity index (χ0n) is 11.2. The quantitative estimate of drug-likeness (QED) is 0.665. The van der Waals surface area contributed by atoms with E-state index in [0.29, 0.717) is 13.1 Å². The summed E-state index contributed by atoms with van der Waals surface area (Å²) in [6, 6.07) is -2.45. The average molecular weight is 326 g/mol. The third-order valence-corrected chi connectivity index (χ3v) is 4.31. The molecule has 2 amide bonds. The molecule has 6 nitrogen and oxygen atoms in total. The Balaban J connectivity index is 1.89. The summed E-state index contributed by atoms with van der Waals surface area (Å²) in [5.74, 6) is -0.327. The molecule has 1 unspecified atom stereocenters. The van der Waals surface area contributed by atoms with Gasteiger partial charge in [0.1, 0.15) is 12.1 Å². The molecule has 0 radical (unpaired) electrons. The van der Waals surface area contributed by atoms with Crippen LogP contribution in [0.25, 0.3) is 0 Å². The first-order valence-corrected chi connectivity index (χ1v) is 7.59. The number of thioether (sulfide) groups is 1. The molecule has 0 saturated carbocycles. The van der Waals surface area contributed by atoms with Crippen molar-refractivity contribution in [2.75, 3.05) is 38.5 Å². The van der Waals surface area contributed by atoms with E-state index in [1.165, 1.54) is 4.90 Å². The van der Waals surface area contributed by atoms with E-state index in [0.717, 1.165) is 11.8 Å². The van der Waals surface area contributed by atoms with Gasteiger partial charge < -0.3 is 16.0 Å². The summed E-state index contributed by atoms with van der Waals surface area (Å²) in [6.45, 7) is 1.07. The van der Waals surface area contributed by atoms with Gasteiger partial charge in [-0.25, -0.2) is 0 Å². The Morgan fingerprint density at radius 2 is 2.10 bits per heavy atom. The van der Waals surface area contributed by atoms with Crippen LogP contribution in [0.1, 0.15) is 0 Å². The molecule has 120 valence electrons. The van der Waals surface area contributed by atoms with Crippen LogP contribution in [0.2, 0.25) is 0 Å². The lowest BCUT2D eigenvalue weighted by Gasteiger charge is -2.36. The fourth-order valence-corrected chi connectivity index (χ4v) is 3.07. The summed E-state index contributed by atoms with van der Waals surface area (Å²) in [6.07, 6.45) is -4.40. The lowest BCUT2D eigenvalue weighted by atomic mass is 10.2. The van der Waals surface area contributed by atoms with E-state index in [-0.39, 0.29) is 24.1 Å². The van der Waals surface area contributed by atoms with E-state index in [1.807, 2.05) is 0 Å². The maximum Gasteiger partial charge on any atom is 0.405 e. The molecule has 0 aromatic rings. The molecular weight excluding hydrogens is 309 g/mol. The predicted octanol–water partition coefficient (Wildman–Crippen LogP) is -0.236. The van der Waals surface area contributed by atoms with Crippen LogP contribution in [-0.4, -0.2) is 72.8 Å². The summed E-state index contributed by atoms with van der Waals surface area (Å²) >= 11 is 0.950. The predicted molar refractivity (Wildman–Crippen MR) is 72.1 cm³/mol. The van der Waals surface area contributed by atoms with Crippen LogP contribution in [0.5, 0.6) is 0 Å². The highest BCUT2D eigenvalue weighted by Gasteiger charge is 2.44. The van der Waals surface area contributed by atoms with E-state index >= 15 is 0 Å². The average Bonchev–Trinajstić information content (AvgIpc) is 2.85. The molecular formula is C11H17F3N4O2S. The number of carbonyl (C=O) groups is 2. The van der Waals surface area contributed by atoms with Crippen molar-refractivity contribution in [3.8, 4) is 0 Å². The van der Waals surface area contributed by atoms with Gasteiger partial charge in [0.2, 0.25) is 5.91 Å². The van der Waals surface area contributed by atoms with Crippen molar-refractivity contribution >= 4 is 22.9 Å². The van der Waals surface area contributed by atoms with Crippen LogP contribution in [0, 0.1) is 0 Å².